The number of carbonyl (C=O) groups excluding carboxylic acids is 1. The van der Waals surface area contributed by atoms with Crippen molar-refractivity contribution in [3.63, 3.8) is 0 Å². The van der Waals surface area contributed by atoms with Gasteiger partial charge in [0.1, 0.15) is 4.90 Å². The Labute approximate surface area is 148 Å². The Morgan fingerprint density at radius 3 is 2.48 bits per heavy atom. The molecule has 25 heavy (non-hydrogen) atoms. The number of benzene rings is 1. The maximum Gasteiger partial charge on any atom is 0.338 e. The van der Waals surface area contributed by atoms with E-state index in [0.29, 0.717) is 30.1 Å². The number of aryl methyl sites for hydroxylation is 2. The molecule has 136 valence electrons. The van der Waals surface area contributed by atoms with Gasteiger partial charge in [0.15, 0.2) is 0 Å². The molecule has 8 heteroatoms. The maximum absolute atomic E-state index is 12.5. The highest BCUT2D eigenvalue weighted by Crippen LogP contribution is 2.19. The number of nitrogens with one attached hydrogen (secondary N) is 1. The zero-order chi connectivity index (χ0) is 18.4. The highest BCUT2D eigenvalue weighted by atomic mass is 32.2. The van der Waals surface area contributed by atoms with Gasteiger partial charge in [0.2, 0.25) is 0 Å². The predicted molar refractivity (Wildman–Crippen MR) is 95.1 cm³/mol. The summed E-state index contributed by atoms with van der Waals surface area (Å²) in [6, 6.07) is 6.14. The van der Waals surface area contributed by atoms with E-state index in [1.807, 2.05) is 13.8 Å². The van der Waals surface area contributed by atoms with Crippen LogP contribution in [0.2, 0.25) is 0 Å². The molecule has 0 aliphatic rings. The molecule has 1 heterocycles. The highest BCUT2D eigenvalue weighted by Gasteiger charge is 2.20. The number of ether oxygens (including phenoxy) is 1. The van der Waals surface area contributed by atoms with Gasteiger partial charge in [0.25, 0.3) is 10.0 Å². The summed E-state index contributed by atoms with van der Waals surface area (Å²) in [6.45, 7) is 6.51. The van der Waals surface area contributed by atoms with E-state index >= 15 is 0 Å². The van der Waals surface area contributed by atoms with Crippen LogP contribution >= 0.6 is 0 Å². The molecule has 0 saturated carbocycles. The van der Waals surface area contributed by atoms with Gasteiger partial charge < -0.3 is 4.74 Å². The molecule has 0 spiro atoms. The Morgan fingerprint density at radius 2 is 1.92 bits per heavy atom. The Bertz CT molecular complexity index is 826. The van der Waals surface area contributed by atoms with Gasteiger partial charge in [-0.15, -0.1) is 0 Å². The normalized spacial score (nSPS) is 11.3. The first-order chi connectivity index (χ1) is 11.9. The van der Waals surface area contributed by atoms with Crippen LogP contribution in [-0.4, -0.2) is 30.8 Å². The van der Waals surface area contributed by atoms with Crippen LogP contribution in [0.4, 0.5) is 5.69 Å². The second-order valence-corrected chi connectivity index (χ2v) is 7.26. The van der Waals surface area contributed by atoms with E-state index in [-0.39, 0.29) is 4.90 Å². The second kappa shape index (κ2) is 8.15. The van der Waals surface area contributed by atoms with Gasteiger partial charge in [-0.3, -0.25) is 9.40 Å². The summed E-state index contributed by atoms with van der Waals surface area (Å²) < 4.78 is 34.2. The number of sulfonamides is 1. The fraction of sp³-hybridized carbons (Fsp3) is 0.412. The lowest BCUT2D eigenvalue weighted by molar-refractivity contribution is 0.0500. The van der Waals surface area contributed by atoms with Crippen molar-refractivity contribution in [1.82, 2.24) is 9.78 Å². The van der Waals surface area contributed by atoms with Crippen molar-refractivity contribution in [2.75, 3.05) is 11.3 Å². The van der Waals surface area contributed by atoms with E-state index in [2.05, 4.69) is 9.82 Å². The fourth-order valence-electron chi connectivity index (χ4n) is 2.20. The molecule has 0 amide bonds. The summed E-state index contributed by atoms with van der Waals surface area (Å²) >= 11 is 0. The quantitative estimate of drug-likeness (QED) is 0.574. The summed E-state index contributed by atoms with van der Waals surface area (Å²) in [7, 11) is -3.73. The van der Waals surface area contributed by atoms with Crippen molar-refractivity contribution in [2.24, 2.45) is 0 Å². The molecular formula is C17H23N3O4S. The van der Waals surface area contributed by atoms with Gasteiger partial charge in [0.05, 0.1) is 17.9 Å². The first-order valence-corrected chi connectivity index (χ1v) is 9.69. The minimum atomic E-state index is -3.73. The number of esters is 1. The van der Waals surface area contributed by atoms with Crippen LogP contribution in [0.25, 0.3) is 0 Å². The lowest BCUT2D eigenvalue weighted by Crippen LogP contribution is -2.13. The summed E-state index contributed by atoms with van der Waals surface area (Å²) in [4.78, 5) is 12.0. The molecule has 1 aromatic heterocycles. The molecule has 0 aliphatic heterocycles. The smallest absolute Gasteiger partial charge is 0.338 e. The lowest BCUT2D eigenvalue weighted by Gasteiger charge is -2.08. The summed E-state index contributed by atoms with van der Waals surface area (Å²) in [6.07, 6.45) is 3.26. The minimum absolute atomic E-state index is 0.136. The van der Waals surface area contributed by atoms with E-state index in [0.717, 1.165) is 12.8 Å². The predicted octanol–water partition coefficient (Wildman–Crippen LogP) is 2.97. The summed E-state index contributed by atoms with van der Waals surface area (Å²) in [5, 5.41) is 4.15. The van der Waals surface area contributed by atoms with Crippen molar-refractivity contribution in [3.8, 4) is 0 Å². The first-order valence-electron chi connectivity index (χ1n) is 8.21. The van der Waals surface area contributed by atoms with Gasteiger partial charge in [-0.25, -0.2) is 13.2 Å². The molecular weight excluding hydrogens is 342 g/mol. The molecule has 0 radical (unpaired) electrons. The number of carbonyl (C=O) groups is 1. The van der Waals surface area contributed by atoms with Gasteiger partial charge in [-0.1, -0.05) is 13.3 Å². The van der Waals surface area contributed by atoms with Crippen LogP contribution in [0.5, 0.6) is 0 Å². The van der Waals surface area contributed by atoms with Crippen molar-refractivity contribution >= 4 is 21.7 Å². The summed E-state index contributed by atoms with van der Waals surface area (Å²) in [5.74, 6) is -0.414. The van der Waals surface area contributed by atoms with Crippen LogP contribution in [0, 0.1) is 6.92 Å². The number of nitrogens with zero attached hydrogens (tertiary/aromatic N) is 2. The Kier molecular flexibility index (Phi) is 6.19. The average Bonchev–Trinajstić information content (AvgIpc) is 2.97. The van der Waals surface area contributed by atoms with Crippen molar-refractivity contribution in [3.05, 3.63) is 41.7 Å². The monoisotopic (exact) mass is 365 g/mol. The van der Waals surface area contributed by atoms with E-state index in [4.69, 9.17) is 4.74 Å². The van der Waals surface area contributed by atoms with Gasteiger partial charge in [0, 0.05) is 18.4 Å². The standard InChI is InChI=1S/C17H23N3O4S/c1-4-6-11-24-17(21)14-7-9-15(10-8-14)19-25(22,23)16-12-20(5-2)18-13(16)3/h7-10,12,19H,4-6,11H2,1-3H3. The topological polar surface area (TPSA) is 90.3 Å². The molecule has 7 nitrogen and oxygen atoms in total. The first kappa shape index (κ1) is 19.0. The fourth-order valence-corrected chi connectivity index (χ4v) is 3.45. The van der Waals surface area contributed by atoms with Gasteiger partial charge in [-0.2, -0.15) is 5.10 Å². The van der Waals surface area contributed by atoms with Crippen molar-refractivity contribution in [2.45, 2.75) is 45.1 Å². The minimum Gasteiger partial charge on any atom is -0.462 e. The SMILES string of the molecule is CCCCOC(=O)c1ccc(NS(=O)(=O)c2cn(CC)nc2C)cc1. The summed E-state index contributed by atoms with van der Waals surface area (Å²) in [5.41, 5.74) is 1.19. The van der Waals surface area contributed by atoms with Crippen molar-refractivity contribution < 1.29 is 17.9 Å². The molecule has 0 unspecified atom stereocenters. The van der Waals surface area contributed by atoms with Gasteiger partial charge in [-0.05, 0) is 44.5 Å². The van der Waals surface area contributed by atoms with Crippen LogP contribution < -0.4 is 4.72 Å². The molecule has 0 saturated heterocycles. The third-order valence-corrected chi connectivity index (χ3v) is 5.10. The van der Waals surface area contributed by atoms with Crippen LogP contribution in [0.3, 0.4) is 0 Å². The van der Waals surface area contributed by atoms with E-state index in [9.17, 15) is 13.2 Å². The van der Waals surface area contributed by atoms with E-state index in [1.165, 1.54) is 30.5 Å². The molecule has 1 N–H and O–H groups in total. The van der Waals surface area contributed by atoms with Crippen molar-refractivity contribution in [1.29, 1.82) is 0 Å². The largest absolute Gasteiger partial charge is 0.462 e. The molecule has 0 fully saturated rings. The number of rotatable bonds is 8. The molecule has 2 aromatic rings. The maximum atomic E-state index is 12.5. The second-order valence-electron chi connectivity index (χ2n) is 5.61. The Balaban J connectivity index is 2.09. The van der Waals surface area contributed by atoms with Crippen LogP contribution in [0.1, 0.15) is 42.7 Å². The van der Waals surface area contributed by atoms with Gasteiger partial charge >= 0.3 is 5.97 Å². The third kappa shape index (κ3) is 4.82. The van der Waals surface area contributed by atoms with Crippen LogP contribution in [-0.2, 0) is 21.3 Å². The van der Waals surface area contributed by atoms with Crippen LogP contribution in [0.15, 0.2) is 35.4 Å². The third-order valence-electron chi connectivity index (χ3n) is 3.62. The number of unbranched alkanes of at least 4 members (excludes halogenated alkanes) is 1. The number of hydrogen-bond acceptors (Lipinski definition) is 5. The zero-order valence-electron chi connectivity index (χ0n) is 14.7. The Hall–Kier alpha value is -2.35. The molecule has 0 atom stereocenters. The molecule has 2 rings (SSSR count). The average molecular weight is 365 g/mol. The number of anilines is 1. The number of aromatic nitrogens is 2. The molecule has 0 aliphatic carbocycles. The zero-order valence-corrected chi connectivity index (χ0v) is 15.5. The molecule has 1 aromatic carbocycles. The lowest BCUT2D eigenvalue weighted by atomic mass is 10.2. The molecule has 0 bridgehead atoms. The highest BCUT2D eigenvalue weighted by molar-refractivity contribution is 7.92. The van der Waals surface area contributed by atoms with E-state index in [1.54, 1.807) is 11.6 Å². The number of hydrogen-bond donors (Lipinski definition) is 1. The van der Waals surface area contributed by atoms with E-state index < -0.39 is 16.0 Å². The Morgan fingerprint density at radius 1 is 1.24 bits per heavy atom.